The van der Waals surface area contributed by atoms with Gasteiger partial charge in [-0.2, -0.15) is 0 Å². The Labute approximate surface area is 156 Å². The van der Waals surface area contributed by atoms with Gasteiger partial charge in [0.05, 0.1) is 19.3 Å². The van der Waals surface area contributed by atoms with Crippen molar-refractivity contribution in [2.24, 2.45) is 0 Å². The highest BCUT2D eigenvalue weighted by atomic mass is 79.9. The summed E-state index contributed by atoms with van der Waals surface area (Å²) < 4.78 is 11.3. The minimum Gasteiger partial charge on any atom is -0.449 e. The number of halogens is 2. The summed E-state index contributed by atoms with van der Waals surface area (Å²) in [6, 6.07) is 3.67. The van der Waals surface area contributed by atoms with Crippen LogP contribution in [0.25, 0.3) is 0 Å². The van der Waals surface area contributed by atoms with Gasteiger partial charge in [-0.3, -0.25) is 0 Å². The first kappa shape index (κ1) is 19.4. The summed E-state index contributed by atoms with van der Waals surface area (Å²) in [4.78, 5) is 18.2. The van der Waals surface area contributed by atoms with E-state index in [1.165, 1.54) is 0 Å². The molecular weight excluding hydrogens is 398 g/mol. The van der Waals surface area contributed by atoms with Crippen LogP contribution in [0.1, 0.15) is 31.4 Å². The number of nitrogens with one attached hydrogen (secondary N) is 1. The van der Waals surface area contributed by atoms with Crippen LogP contribution < -0.4 is 5.32 Å². The van der Waals surface area contributed by atoms with E-state index < -0.39 is 0 Å². The molecule has 0 spiro atoms. The second-order valence-corrected chi connectivity index (χ2v) is 6.99. The molecule has 2 heterocycles. The highest BCUT2D eigenvalue weighted by Crippen LogP contribution is 2.25. The normalized spacial score (nSPS) is 20.9. The zero-order chi connectivity index (χ0) is 17.5. The van der Waals surface area contributed by atoms with E-state index >= 15 is 0 Å². The molecule has 8 heteroatoms. The third-order valence-electron chi connectivity index (χ3n) is 3.82. The molecule has 1 amide bonds. The molecule has 1 saturated heterocycles. The number of carbonyl (C=O) groups is 1. The molecule has 0 radical (unpaired) electrons. The largest absolute Gasteiger partial charge is 0.449 e. The fourth-order valence-corrected chi connectivity index (χ4v) is 3.46. The van der Waals surface area contributed by atoms with Crippen molar-refractivity contribution in [1.29, 1.82) is 0 Å². The fraction of sp³-hybridized carbons (Fsp3) is 0.625. The van der Waals surface area contributed by atoms with E-state index in [4.69, 9.17) is 21.1 Å². The summed E-state index contributed by atoms with van der Waals surface area (Å²) in [6.45, 7) is 4.09. The van der Waals surface area contributed by atoms with Gasteiger partial charge in [0.2, 0.25) is 0 Å². The van der Waals surface area contributed by atoms with Gasteiger partial charge in [-0.15, -0.1) is 0 Å². The molecular formula is C16H23BrClN3O3. The highest BCUT2D eigenvalue weighted by Gasteiger charge is 2.31. The molecule has 0 aromatic carbocycles. The Morgan fingerprint density at radius 3 is 2.96 bits per heavy atom. The summed E-state index contributed by atoms with van der Waals surface area (Å²) >= 11 is 9.41. The summed E-state index contributed by atoms with van der Waals surface area (Å²) in [7, 11) is 1.65. The molecule has 2 unspecified atom stereocenters. The van der Waals surface area contributed by atoms with Crippen molar-refractivity contribution in [2.75, 3.05) is 33.4 Å². The fourth-order valence-electron chi connectivity index (χ4n) is 2.68. The van der Waals surface area contributed by atoms with Crippen LogP contribution in [-0.4, -0.2) is 55.4 Å². The minimum absolute atomic E-state index is 0.0261. The standard InChI is InChI=1S/C16H23BrClN3O3/c1-3-4-5-24-16(22)21-8-12(10-23-2)19-13(9-21)11-6-14(17)20-15(18)7-11/h6-7,12-13,19H,3-5,8-10H2,1-2H3. The van der Waals surface area contributed by atoms with Crippen LogP contribution in [0.2, 0.25) is 5.15 Å². The van der Waals surface area contributed by atoms with Crippen LogP contribution in [0.4, 0.5) is 4.79 Å². The quantitative estimate of drug-likeness (QED) is 0.564. The Balaban J connectivity index is 2.11. The Hall–Kier alpha value is -0.890. The third kappa shape index (κ3) is 5.58. The van der Waals surface area contributed by atoms with Crippen LogP contribution in [0.5, 0.6) is 0 Å². The van der Waals surface area contributed by atoms with E-state index in [1.54, 1.807) is 18.1 Å². The van der Waals surface area contributed by atoms with E-state index in [2.05, 4.69) is 33.2 Å². The van der Waals surface area contributed by atoms with E-state index in [0.29, 0.717) is 36.1 Å². The van der Waals surface area contributed by atoms with Gasteiger partial charge in [0.25, 0.3) is 0 Å². The maximum absolute atomic E-state index is 12.3. The molecule has 1 aliphatic heterocycles. The number of aromatic nitrogens is 1. The highest BCUT2D eigenvalue weighted by molar-refractivity contribution is 9.10. The summed E-state index contributed by atoms with van der Waals surface area (Å²) in [5.41, 5.74) is 0.967. The monoisotopic (exact) mass is 419 g/mol. The first-order valence-corrected chi connectivity index (χ1v) is 9.20. The van der Waals surface area contributed by atoms with Crippen molar-refractivity contribution in [1.82, 2.24) is 15.2 Å². The maximum Gasteiger partial charge on any atom is 0.409 e. The number of hydrogen-bond acceptors (Lipinski definition) is 5. The Morgan fingerprint density at radius 2 is 2.29 bits per heavy atom. The van der Waals surface area contributed by atoms with Crippen LogP contribution in [0.15, 0.2) is 16.7 Å². The lowest BCUT2D eigenvalue weighted by molar-refractivity contribution is 0.0635. The van der Waals surface area contributed by atoms with E-state index in [0.717, 1.165) is 18.4 Å². The van der Waals surface area contributed by atoms with Gasteiger partial charge in [0, 0.05) is 26.2 Å². The summed E-state index contributed by atoms with van der Waals surface area (Å²) in [6.07, 6.45) is 1.58. The minimum atomic E-state index is -0.282. The molecule has 0 saturated carbocycles. The van der Waals surface area contributed by atoms with Gasteiger partial charge < -0.3 is 19.7 Å². The van der Waals surface area contributed by atoms with Crippen LogP contribution in [-0.2, 0) is 9.47 Å². The summed E-state index contributed by atoms with van der Waals surface area (Å²) in [5, 5.41) is 3.90. The second-order valence-electron chi connectivity index (χ2n) is 5.79. The molecule has 24 heavy (non-hydrogen) atoms. The van der Waals surface area contributed by atoms with Gasteiger partial charge >= 0.3 is 6.09 Å². The van der Waals surface area contributed by atoms with E-state index in [9.17, 15) is 4.79 Å². The molecule has 2 rings (SSSR count). The average molecular weight is 421 g/mol. The molecule has 1 fully saturated rings. The Bertz CT molecular complexity index is 541. The molecule has 0 bridgehead atoms. The number of amides is 1. The van der Waals surface area contributed by atoms with Crippen molar-refractivity contribution in [3.63, 3.8) is 0 Å². The smallest absolute Gasteiger partial charge is 0.409 e. The third-order valence-corrected chi connectivity index (χ3v) is 4.42. The molecule has 1 aromatic rings. The first-order valence-electron chi connectivity index (χ1n) is 8.03. The number of unbranched alkanes of at least 4 members (excludes halogenated alkanes) is 1. The maximum atomic E-state index is 12.3. The van der Waals surface area contributed by atoms with Crippen LogP contribution in [0, 0.1) is 0 Å². The topological polar surface area (TPSA) is 63.7 Å². The number of carbonyl (C=O) groups excluding carboxylic acids is 1. The molecule has 2 atom stereocenters. The summed E-state index contributed by atoms with van der Waals surface area (Å²) in [5.74, 6) is 0. The van der Waals surface area contributed by atoms with Gasteiger partial charge in [-0.1, -0.05) is 24.9 Å². The lowest BCUT2D eigenvalue weighted by atomic mass is 10.0. The predicted octanol–water partition coefficient (Wildman–Crippen LogP) is 3.40. The van der Waals surface area contributed by atoms with Gasteiger partial charge in [-0.25, -0.2) is 9.78 Å². The van der Waals surface area contributed by atoms with Crippen molar-refractivity contribution in [3.05, 3.63) is 27.5 Å². The van der Waals surface area contributed by atoms with Crippen LogP contribution >= 0.6 is 27.5 Å². The second kappa shape index (κ2) is 9.56. The molecule has 1 N–H and O–H groups in total. The average Bonchev–Trinajstić information content (AvgIpc) is 2.54. The molecule has 134 valence electrons. The van der Waals surface area contributed by atoms with Crippen molar-refractivity contribution in [2.45, 2.75) is 31.8 Å². The number of rotatable bonds is 6. The number of ether oxygens (including phenoxy) is 2. The van der Waals surface area contributed by atoms with Crippen molar-refractivity contribution < 1.29 is 14.3 Å². The van der Waals surface area contributed by atoms with Gasteiger partial charge in [0.1, 0.15) is 9.76 Å². The van der Waals surface area contributed by atoms with E-state index in [-0.39, 0.29) is 18.2 Å². The number of piperazine rings is 1. The molecule has 1 aromatic heterocycles. The van der Waals surface area contributed by atoms with Crippen LogP contribution in [0.3, 0.4) is 0 Å². The zero-order valence-corrected chi connectivity index (χ0v) is 16.3. The Kier molecular flexibility index (Phi) is 7.74. The van der Waals surface area contributed by atoms with Gasteiger partial charge in [-0.05, 0) is 40.0 Å². The van der Waals surface area contributed by atoms with Gasteiger partial charge in [0.15, 0.2) is 0 Å². The number of methoxy groups -OCH3 is 1. The van der Waals surface area contributed by atoms with Crippen molar-refractivity contribution >= 4 is 33.6 Å². The predicted molar refractivity (Wildman–Crippen MR) is 96.3 cm³/mol. The lowest BCUT2D eigenvalue weighted by Gasteiger charge is -2.38. The number of nitrogens with zero attached hydrogens (tertiary/aromatic N) is 2. The number of hydrogen-bond donors (Lipinski definition) is 1. The van der Waals surface area contributed by atoms with E-state index in [1.807, 2.05) is 6.07 Å². The SMILES string of the molecule is CCCCOC(=O)N1CC(COC)NC(c2cc(Cl)nc(Br)c2)C1. The van der Waals surface area contributed by atoms with Crippen molar-refractivity contribution in [3.8, 4) is 0 Å². The molecule has 0 aliphatic carbocycles. The lowest BCUT2D eigenvalue weighted by Crippen LogP contribution is -2.55. The Morgan fingerprint density at radius 1 is 1.50 bits per heavy atom. The first-order chi connectivity index (χ1) is 11.5. The zero-order valence-electron chi connectivity index (χ0n) is 13.9. The molecule has 6 nitrogen and oxygen atoms in total. The number of pyridine rings is 1. The molecule has 1 aliphatic rings.